The third-order valence-electron chi connectivity index (χ3n) is 3.63. The monoisotopic (exact) mass is 331 g/mol. The molecule has 0 radical (unpaired) electrons. The summed E-state index contributed by atoms with van der Waals surface area (Å²) >= 11 is 3.42. The third-order valence-corrected chi connectivity index (χ3v) is 4.32. The molecular weight excluding hydrogens is 318 g/mol. The Bertz CT molecular complexity index is 672. The maximum Gasteiger partial charge on any atom is 0.234 e. The topological polar surface area (TPSA) is 59.2 Å². The van der Waals surface area contributed by atoms with Crippen molar-refractivity contribution in [3.63, 3.8) is 0 Å². The Hall–Kier alpha value is -1.88. The smallest absolute Gasteiger partial charge is 0.234 e. The number of hydrogen-bond acceptors (Lipinski definition) is 3. The number of halogens is 1. The number of rotatable bonds is 2. The van der Waals surface area contributed by atoms with Gasteiger partial charge in [-0.25, -0.2) is 0 Å². The first-order valence-corrected chi connectivity index (χ1v) is 7.16. The van der Waals surface area contributed by atoms with Crippen molar-refractivity contribution in [3.05, 3.63) is 52.3 Å². The summed E-state index contributed by atoms with van der Waals surface area (Å²) in [6, 6.07) is 7.64. The van der Waals surface area contributed by atoms with Crippen molar-refractivity contribution in [2.75, 3.05) is 10.6 Å². The van der Waals surface area contributed by atoms with Gasteiger partial charge in [-0.1, -0.05) is 0 Å². The van der Waals surface area contributed by atoms with Gasteiger partial charge in [0.2, 0.25) is 5.91 Å². The van der Waals surface area contributed by atoms with Crippen LogP contribution in [0.3, 0.4) is 0 Å². The minimum Gasteiger partial charge on any atom is -0.398 e. The minimum absolute atomic E-state index is 0.106. The molecule has 5 heteroatoms. The van der Waals surface area contributed by atoms with E-state index >= 15 is 0 Å². The molecule has 3 rings (SSSR count). The molecule has 0 bridgehead atoms. The zero-order valence-corrected chi connectivity index (χ0v) is 12.6. The average Bonchev–Trinajstić information content (AvgIpc) is 2.66. The minimum atomic E-state index is -0.135. The van der Waals surface area contributed by atoms with Gasteiger partial charge in [0.1, 0.15) is 0 Å². The molecule has 0 saturated carbocycles. The summed E-state index contributed by atoms with van der Waals surface area (Å²) < 4.78 is 0.835. The average molecular weight is 332 g/mol. The molecule has 0 aliphatic carbocycles. The first-order chi connectivity index (χ1) is 9.58. The highest BCUT2D eigenvalue weighted by Crippen LogP contribution is 2.41. The fraction of sp³-hybridized carbons (Fsp3) is 0.200. The van der Waals surface area contributed by atoms with Crippen LogP contribution in [0.1, 0.15) is 24.0 Å². The number of amides is 1. The van der Waals surface area contributed by atoms with Crippen molar-refractivity contribution in [3.8, 4) is 0 Å². The van der Waals surface area contributed by atoms with Gasteiger partial charge in [0.15, 0.2) is 0 Å². The van der Waals surface area contributed by atoms with E-state index in [1.54, 1.807) is 17.3 Å². The highest BCUT2D eigenvalue weighted by Gasteiger charge is 2.34. The number of nitrogens with zero attached hydrogens (tertiary/aromatic N) is 2. The molecule has 0 fully saturated rings. The zero-order chi connectivity index (χ0) is 14.3. The lowest BCUT2D eigenvalue weighted by Gasteiger charge is -2.18. The highest BCUT2D eigenvalue weighted by molar-refractivity contribution is 9.10. The normalized spacial score (nSPS) is 17.4. The summed E-state index contributed by atoms with van der Waals surface area (Å²) in [7, 11) is 0. The van der Waals surface area contributed by atoms with Crippen molar-refractivity contribution in [2.24, 2.45) is 0 Å². The second-order valence-corrected chi connectivity index (χ2v) is 5.79. The van der Waals surface area contributed by atoms with Crippen molar-refractivity contribution in [1.82, 2.24) is 4.98 Å². The molecule has 1 unspecified atom stereocenters. The van der Waals surface area contributed by atoms with Crippen molar-refractivity contribution < 1.29 is 4.79 Å². The fourth-order valence-electron chi connectivity index (χ4n) is 2.49. The summed E-state index contributed by atoms with van der Waals surface area (Å²) in [5, 5.41) is 0. The Morgan fingerprint density at radius 2 is 2.05 bits per heavy atom. The molecule has 0 spiro atoms. The summed E-state index contributed by atoms with van der Waals surface area (Å²) in [6.07, 6.45) is 3.46. The van der Waals surface area contributed by atoms with Gasteiger partial charge >= 0.3 is 0 Å². The molecular formula is C15H14BrN3O. The number of carbonyl (C=O) groups is 1. The quantitative estimate of drug-likeness (QED) is 0.860. The van der Waals surface area contributed by atoms with Gasteiger partial charge in [0.25, 0.3) is 0 Å². The lowest BCUT2D eigenvalue weighted by atomic mass is 10.0. The fourth-order valence-corrected chi connectivity index (χ4v) is 2.85. The third kappa shape index (κ3) is 2.08. The van der Waals surface area contributed by atoms with E-state index in [2.05, 4.69) is 20.9 Å². The Morgan fingerprint density at radius 3 is 2.75 bits per heavy atom. The van der Waals surface area contributed by atoms with Crippen molar-refractivity contribution >= 4 is 33.2 Å². The predicted octanol–water partition coefficient (Wildman–Crippen LogP) is 3.08. The van der Waals surface area contributed by atoms with Gasteiger partial charge in [0.05, 0.1) is 18.2 Å². The van der Waals surface area contributed by atoms with Gasteiger partial charge in [-0.3, -0.25) is 9.78 Å². The van der Waals surface area contributed by atoms with Gasteiger partial charge < -0.3 is 10.6 Å². The lowest BCUT2D eigenvalue weighted by Crippen LogP contribution is -2.27. The molecule has 102 valence electrons. The van der Waals surface area contributed by atoms with Crippen molar-refractivity contribution in [1.29, 1.82) is 0 Å². The largest absolute Gasteiger partial charge is 0.398 e. The first kappa shape index (κ1) is 13.1. The van der Waals surface area contributed by atoms with Crippen LogP contribution in [0.2, 0.25) is 0 Å². The number of hydrogen-bond donors (Lipinski definition) is 1. The Kier molecular flexibility index (Phi) is 3.22. The number of fused-ring (bicyclic) bond motifs is 1. The SMILES string of the molecule is CC1C(=O)N(Cc2ccncc2)c2cc(N)c(Br)cc21. The molecule has 1 aromatic carbocycles. The number of aromatic nitrogens is 1. The summed E-state index contributed by atoms with van der Waals surface area (Å²) in [6.45, 7) is 2.47. The van der Waals surface area contributed by atoms with Crippen molar-refractivity contribution in [2.45, 2.75) is 19.4 Å². The molecule has 2 N–H and O–H groups in total. The van der Waals surface area contributed by atoms with E-state index in [4.69, 9.17) is 5.73 Å². The maximum absolute atomic E-state index is 12.4. The number of nitrogen functional groups attached to an aromatic ring is 1. The zero-order valence-electron chi connectivity index (χ0n) is 11.0. The molecule has 1 aromatic heterocycles. The van der Waals surface area contributed by atoms with Gasteiger partial charge in [-0.05, 0) is 58.2 Å². The second-order valence-electron chi connectivity index (χ2n) is 4.93. The Balaban J connectivity index is 2.02. The van der Waals surface area contributed by atoms with Crippen LogP contribution in [-0.4, -0.2) is 10.9 Å². The van der Waals surface area contributed by atoms with Gasteiger partial charge in [0, 0.05) is 22.6 Å². The molecule has 4 nitrogen and oxygen atoms in total. The van der Waals surface area contributed by atoms with E-state index in [0.717, 1.165) is 21.3 Å². The van der Waals surface area contributed by atoms with Crippen LogP contribution >= 0.6 is 15.9 Å². The van der Waals surface area contributed by atoms with E-state index in [1.165, 1.54) is 0 Å². The summed E-state index contributed by atoms with van der Waals surface area (Å²) in [4.78, 5) is 18.2. The highest BCUT2D eigenvalue weighted by atomic mass is 79.9. The summed E-state index contributed by atoms with van der Waals surface area (Å²) in [5.41, 5.74) is 9.56. The lowest BCUT2D eigenvalue weighted by molar-refractivity contribution is -0.119. The van der Waals surface area contributed by atoms with Crippen LogP contribution < -0.4 is 10.6 Å². The summed E-state index contributed by atoms with van der Waals surface area (Å²) in [5.74, 6) is -0.0296. The molecule has 0 saturated heterocycles. The number of benzene rings is 1. The molecule has 2 heterocycles. The predicted molar refractivity (Wildman–Crippen MR) is 82.4 cm³/mol. The van der Waals surface area contributed by atoms with Crippen LogP contribution in [-0.2, 0) is 11.3 Å². The number of nitrogens with two attached hydrogens (primary N) is 1. The van der Waals surface area contributed by atoms with E-state index in [0.29, 0.717) is 12.2 Å². The van der Waals surface area contributed by atoms with E-state index in [9.17, 15) is 4.79 Å². The molecule has 1 aliphatic heterocycles. The molecule has 1 atom stereocenters. The molecule has 20 heavy (non-hydrogen) atoms. The van der Waals surface area contributed by atoms with Gasteiger partial charge in [-0.2, -0.15) is 0 Å². The number of anilines is 2. The van der Waals surface area contributed by atoms with E-state index in [1.807, 2.05) is 31.2 Å². The Labute approximate surface area is 125 Å². The van der Waals surface area contributed by atoms with Crippen LogP contribution in [0.15, 0.2) is 41.1 Å². The molecule has 2 aromatic rings. The van der Waals surface area contributed by atoms with E-state index < -0.39 is 0 Å². The molecule has 1 amide bonds. The molecule has 1 aliphatic rings. The maximum atomic E-state index is 12.4. The van der Waals surface area contributed by atoms with Crippen LogP contribution in [0.4, 0.5) is 11.4 Å². The van der Waals surface area contributed by atoms with Gasteiger partial charge in [-0.15, -0.1) is 0 Å². The van der Waals surface area contributed by atoms with Crippen LogP contribution in [0.25, 0.3) is 0 Å². The second kappa shape index (κ2) is 4.90. The van der Waals surface area contributed by atoms with E-state index in [-0.39, 0.29) is 11.8 Å². The van der Waals surface area contributed by atoms with Crippen LogP contribution in [0.5, 0.6) is 0 Å². The number of carbonyl (C=O) groups excluding carboxylic acids is 1. The van der Waals surface area contributed by atoms with Crippen LogP contribution in [0, 0.1) is 0 Å². The first-order valence-electron chi connectivity index (χ1n) is 6.37. The Morgan fingerprint density at radius 1 is 1.35 bits per heavy atom. The number of pyridine rings is 1. The standard InChI is InChI=1S/C15H14BrN3O/c1-9-11-6-12(16)13(17)7-14(11)19(15(9)20)8-10-2-4-18-5-3-10/h2-7,9H,8,17H2,1H3.